The Morgan fingerprint density at radius 2 is 2.22 bits per heavy atom. The summed E-state index contributed by atoms with van der Waals surface area (Å²) in [7, 11) is 0. The molecule has 0 amide bonds. The standard InChI is InChI=1S/C15H30N2O/c1-5-12(3)14-10-17(13(6-2)9-16-14)15(4)7-8-18-11-15/h12-14,16H,5-11H2,1-4H3. The predicted molar refractivity (Wildman–Crippen MR) is 75.9 cm³/mol. The van der Waals surface area contributed by atoms with E-state index < -0.39 is 0 Å². The normalized spacial score (nSPS) is 40.0. The van der Waals surface area contributed by atoms with Crippen LogP contribution in [0.15, 0.2) is 0 Å². The maximum Gasteiger partial charge on any atom is 0.0648 e. The number of piperazine rings is 1. The molecule has 2 saturated heterocycles. The summed E-state index contributed by atoms with van der Waals surface area (Å²) in [6.45, 7) is 13.5. The van der Waals surface area contributed by atoms with E-state index >= 15 is 0 Å². The molecule has 0 aromatic rings. The molecule has 106 valence electrons. The highest BCUT2D eigenvalue weighted by molar-refractivity contribution is 4.98. The molecule has 0 aromatic carbocycles. The van der Waals surface area contributed by atoms with Crippen molar-refractivity contribution in [1.29, 1.82) is 0 Å². The molecule has 4 unspecified atom stereocenters. The van der Waals surface area contributed by atoms with Crippen molar-refractivity contribution < 1.29 is 4.74 Å². The Labute approximate surface area is 112 Å². The van der Waals surface area contributed by atoms with Gasteiger partial charge in [0.15, 0.2) is 0 Å². The Bertz CT molecular complexity index is 263. The van der Waals surface area contributed by atoms with Crippen molar-refractivity contribution in [2.24, 2.45) is 5.92 Å². The third-order valence-corrected chi connectivity index (χ3v) is 5.14. The first-order chi connectivity index (χ1) is 8.60. The van der Waals surface area contributed by atoms with Crippen LogP contribution in [0, 0.1) is 5.92 Å². The molecule has 1 N–H and O–H groups in total. The predicted octanol–water partition coefficient (Wildman–Crippen LogP) is 2.26. The molecule has 2 aliphatic heterocycles. The molecule has 2 fully saturated rings. The van der Waals surface area contributed by atoms with Crippen LogP contribution < -0.4 is 5.32 Å². The van der Waals surface area contributed by atoms with Crippen molar-refractivity contribution in [1.82, 2.24) is 10.2 Å². The van der Waals surface area contributed by atoms with Gasteiger partial charge in [0.05, 0.1) is 6.61 Å². The highest BCUT2D eigenvalue weighted by Gasteiger charge is 2.42. The summed E-state index contributed by atoms with van der Waals surface area (Å²) >= 11 is 0. The van der Waals surface area contributed by atoms with Crippen molar-refractivity contribution in [3.05, 3.63) is 0 Å². The highest BCUT2D eigenvalue weighted by Crippen LogP contribution is 2.31. The van der Waals surface area contributed by atoms with Gasteiger partial charge in [0.1, 0.15) is 0 Å². The first kappa shape index (κ1) is 14.3. The third-order valence-electron chi connectivity index (χ3n) is 5.14. The smallest absolute Gasteiger partial charge is 0.0648 e. The van der Waals surface area contributed by atoms with E-state index in [-0.39, 0.29) is 5.54 Å². The molecule has 2 rings (SSSR count). The lowest BCUT2D eigenvalue weighted by atomic mass is 9.89. The van der Waals surface area contributed by atoms with E-state index in [0.29, 0.717) is 12.1 Å². The van der Waals surface area contributed by atoms with Crippen LogP contribution in [-0.4, -0.2) is 48.8 Å². The first-order valence-electron chi connectivity index (χ1n) is 7.68. The van der Waals surface area contributed by atoms with Crippen LogP contribution >= 0.6 is 0 Å². The molecular formula is C15H30N2O. The Hall–Kier alpha value is -0.120. The fourth-order valence-electron chi connectivity index (χ4n) is 3.40. The molecule has 0 aromatic heterocycles. The fraction of sp³-hybridized carbons (Fsp3) is 1.00. The third kappa shape index (κ3) is 2.73. The molecule has 3 nitrogen and oxygen atoms in total. The van der Waals surface area contributed by atoms with E-state index in [2.05, 4.69) is 37.9 Å². The molecule has 0 aliphatic carbocycles. The van der Waals surface area contributed by atoms with Gasteiger partial charge in [-0.05, 0) is 25.7 Å². The van der Waals surface area contributed by atoms with Gasteiger partial charge in [-0.1, -0.05) is 27.2 Å². The van der Waals surface area contributed by atoms with Gasteiger partial charge in [-0.3, -0.25) is 4.90 Å². The van der Waals surface area contributed by atoms with E-state index in [1.807, 2.05) is 0 Å². The first-order valence-corrected chi connectivity index (χ1v) is 7.68. The summed E-state index contributed by atoms with van der Waals surface area (Å²) in [6, 6.07) is 1.33. The van der Waals surface area contributed by atoms with Gasteiger partial charge >= 0.3 is 0 Å². The van der Waals surface area contributed by atoms with Crippen molar-refractivity contribution >= 4 is 0 Å². The SMILES string of the molecule is CCC(C)C1CN(C2(C)CCOC2)C(CC)CN1. The van der Waals surface area contributed by atoms with Gasteiger partial charge in [0, 0.05) is 37.3 Å². The van der Waals surface area contributed by atoms with E-state index in [9.17, 15) is 0 Å². The molecule has 3 heteroatoms. The number of nitrogens with one attached hydrogen (secondary N) is 1. The van der Waals surface area contributed by atoms with Crippen LogP contribution in [-0.2, 0) is 4.74 Å². The Kier molecular flexibility index (Phi) is 4.68. The van der Waals surface area contributed by atoms with Gasteiger partial charge in [0.25, 0.3) is 0 Å². The zero-order valence-electron chi connectivity index (χ0n) is 12.5. The fourth-order valence-corrected chi connectivity index (χ4v) is 3.40. The summed E-state index contributed by atoms with van der Waals surface area (Å²) in [5.41, 5.74) is 0.272. The average Bonchev–Trinajstić information content (AvgIpc) is 2.85. The van der Waals surface area contributed by atoms with E-state index in [0.717, 1.165) is 25.7 Å². The molecule has 0 saturated carbocycles. The van der Waals surface area contributed by atoms with Crippen LogP contribution in [0.1, 0.15) is 47.0 Å². The van der Waals surface area contributed by atoms with Crippen LogP contribution in [0.5, 0.6) is 0 Å². The Morgan fingerprint density at radius 3 is 2.78 bits per heavy atom. The minimum atomic E-state index is 0.272. The summed E-state index contributed by atoms with van der Waals surface area (Å²) in [5.74, 6) is 0.760. The second-order valence-corrected chi connectivity index (χ2v) is 6.41. The Balaban J connectivity index is 2.08. The summed E-state index contributed by atoms with van der Waals surface area (Å²) < 4.78 is 5.67. The maximum absolute atomic E-state index is 5.67. The van der Waals surface area contributed by atoms with Crippen LogP contribution in [0.3, 0.4) is 0 Å². The van der Waals surface area contributed by atoms with Gasteiger partial charge in [0.2, 0.25) is 0 Å². The number of nitrogens with zero attached hydrogens (tertiary/aromatic N) is 1. The van der Waals surface area contributed by atoms with E-state index in [1.54, 1.807) is 0 Å². The lowest BCUT2D eigenvalue weighted by Crippen LogP contribution is -2.64. The summed E-state index contributed by atoms with van der Waals surface area (Å²) in [5, 5.41) is 3.76. The lowest BCUT2D eigenvalue weighted by molar-refractivity contribution is 0.00252. The van der Waals surface area contributed by atoms with E-state index in [1.165, 1.54) is 25.8 Å². The second kappa shape index (κ2) is 5.89. The summed E-state index contributed by atoms with van der Waals surface area (Å²) in [4.78, 5) is 2.74. The molecule has 2 aliphatic rings. The number of rotatable bonds is 4. The zero-order chi connectivity index (χ0) is 13.2. The van der Waals surface area contributed by atoms with Crippen molar-refractivity contribution in [3.63, 3.8) is 0 Å². The molecule has 0 radical (unpaired) electrons. The number of hydrogen-bond acceptors (Lipinski definition) is 3. The van der Waals surface area contributed by atoms with Crippen LogP contribution in [0.25, 0.3) is 0 Å². The molecule has 18 heavy (non-hydrogen) atoms. The quantitative estimate of drug-likeness (QED) is 0.833. The van der Waals surface area contributed by atoms with Crippen LogP contribution in [0.2, 0.25) is 0 Å². The molecule has 0 bridgehead atoms. The molecular weight excluding hydrogens is 224 g/mol. The molecule has 2 heterocycles. The second-order valence-electron chi connectivity index (χ2n) is 6.41. The minimum absolute atomic E-state index is 0.272. The molecule has 0 spiro atoms. The van der Waals surface area contributed by atoms with Crippen LogP contribution in [0.4, 0.5) is 0 Å². The monoisotopic (exact) mass is 254 g/mol. The number of hydrogen-bond donors (Lipinski definition) is 1. The summed E-state index contributed by atoms with van der Waals surface area (Å²) in [6.07, 6.45) is 3.68. The Morgan fingerprint density at radius 1 is 1.44 bits per heavy atom. The van der Waals surface area contributed by atoms with Gasteiger partial charge in [-0.15, -0.1) is 0 Å². The zero-order valence-corrected chi connectivity index (χ0v) is 12.5. The average molecular weight is 254 g/mol. The number of ether oxygens (including phenoxy) is 1. The van der Waals surface area contributed by atoms with Gasteiger partial charge in [-0.25, -0.2) is 0 Å². The minimum Gasteiger partial charge on any atom is -0.379 e. The largest absolute Gasteiger partial charge is 0.379 e. The van der Waals surface area contributed by atoms with Gasteiger partial charge in [-0.2, -0.15) is 0 Å². The van der Waals surface area contributed by atoms with Crippen molar-refractivity contribution in [2.75, 3.05) is 26.3 Å². The lowest BCUT2D eigenvalue weighted by Gasteiger charge is -2.49. The van der Waals surface area contributed by atoms with Gasteiger partial charge < -0.3 is 10.1 Å². The topological polar surface area (TPSA) is 24.5 Å². The maximum atomic E-state index is 5.67. The van der Waals surface area contributed by atoms with Crippen molar-refractivity contribution in [2.45, 2.75) is 64.6 Å². The van der Waals surface area contributed by atoms with E-state index in [4.69, 9.17) is 4.74 Å². The molecule has 4 atom stereocenters. The highest BCUT2D eigenvalue weighted by atomic mass is 16.5. The van der Waals surface area contributed by atoms with Crippen molar-refractivity contribution in [3.8, 4) is 0 Å².